The number of carbonyl (C=O) groups is 2. The summed E-state index contributed by atoms with van der Waals surface area (Å²) < 4.78 is 30.3. The highest BCUT2D eigenvalue weighted by Crippen LogP contribution is 2.35. The number of likely N-dealkylation sites (N-methyl/N-ethyl adjacent to an activating group) is 1. The zero-order valence-electron chi connectivity index (χ0n) is 20.9. The number of hydrogen-bond donors (Lipinski definition) is 0. The number of rotatable bonds is 5. The zero-order chi connectivity index (χ0) is 26.9. The monoisotopic (exact) mass is 568 g/mol. The van der Waals surface area contributed by atoms with Crippen LogP contribution in [-0.4, -0.2) is 105 Å². The molecule has 4 rings (SSSR count). The lowest BCUT2D eigenvalue weighted by molar-refractivity contribution is 0.0723. The summed E-state index contributed by atoms with van der Waals surface area (Å²) in [5, 5.41) is 0.836. The van der Waals surface area contributed by atoms with Gasteiger partial charge in [-0.15, -0.1) is 0 Å². The molecule has 0 spiro atoms. The molecule has 0 unspecified atom stereocenters. The highest BCUT2D eigenvalue weighted by molar-refractivity contribution is 7.88. The molecule has 2 aromatic rings. The van der Waals surface area contributed by atoms with Crippen LogP contribution in [0.5, 0.6) is 5.75 Å². The molecule has 37 heavy (non-hydrogen) atoms. The van der Waals surface area contributed by atoms with Crippen LogP contribution in [0.3, 0.4) is 0 Å². The summed E-state index contributed by atoms with van der Waals surface area (Å²) in [6.45, 7) is 1.85. The first kappa shape index (κ1) is 27.5. The van der Waals surface area contributed by atoms with E-state index >= 15 is 0 Å². The Hall–Kier alpha value is -2.53. The lowest BCUT2D eigenvalue weighted by Crippen LogP contribution is -2.53. The van der Waals surface area contributed by atoms with E-state index in [9.17, 15) is 18.0 Å². The van der Waals surface area contributed by atoms with Crippen LogP contribution >= 0.6 is 23.2 Å². The Morgan fingerprint density at radius 2 is 1.59 bits per heavy atom. The van der Waals surface area contributed by atoms with Crippen LogP contribution in [0.4, 0.5) is 4.79 Å². The van der Waals surface area contributed by atoms with Gasteiger partial charge in [0.15, 0.2) is 0 Å². The van der Waals surface area contributed by atoms with Crippen molar-refractivity contribution in [2.75, 3.05) is 59.7 Å². The molecule has 0 radical (unpaired) electrons. The molecule has 200 valence electrons. The molecule has 9 nitrogen and oxygen atoms in total. The zero-order valence-corrected chi connectivity index (χ0v) is 23.3. The summed E-state index contributed by atoms with van der Waals surface area (Å²) in [6, 6.07) is 11.8. The maximum Gasteiger partial charge on any atom is 0.320 e. The fraction of sp³-hybridized carbons (Fsp3) is 0.440. The topological polar surface area (TPSA) is 90.5 Å². The first-order valence-electron chi connectivity index (χ1n) is 11.8. The first-order valence-corrected chi connectivity index (χ1v) is 14.4. The molecule has 0 N–H and O–H groups in total. The molecule has 2 heterocycles. The quantitative estimate of drug-likeness (QED) is 0.552. The normalized spacial score (nSPS) is 20.7. The SMILES string of the molecule is COc1ccc(C(=O)N(C)[C@@H]2CN(C(=O)N3CCN(S(C)(=O)=O)CC3)C[C@H]2c2ccc(Cl)c(Cl)c2)cc1. The standard InChI is InChI=1S/C25H30Cl2N4O5S/c1-28(24(32)17-4-7-19(36-2)8-5-17)23-16-30(15-20(23)18-6-9-21(26)22(27)14-18)25(33)29-10-12-31(13-11-29)37(3,34)35/h4-9,14,20,23H,10-13,15-16H2,1-3H3/t20-,23+/m0/s1. The molecule has 2 atom stereocenters. The van der Waals surface area contributed by atoms with Crippen molar-refractivity contribution in [2.24, 2.45) is 0 Å². The fourth-order valence-corrected chi connectivity index (χ4v) is 6.04. The third-order valence-corrected chi connectivity index (χ3v) is 9.11. The van der Waals surface area contributed by atoms with Gasteiger partial charge >= 0.3 is 6.03 Å². The van der Waals surface area contributed by atoms with E-state index < -0.39 is 10.0 Å². The Kier molecular flexibility index (Phi) is 8.23. The van der Waals surface area contributed by atoms with E-state index in [1.807, 2.05) is 6.07 Å². The Balaban J connectivity index is 1.56. The number of ether oxygens (including phenoxy) is 1. The summed E-state index contributed by atoms with van der Waals surface area (Å²) in [4.78, 5) is 31.9. The van der Waals surface area contributed by atoms with E-state index in [1.165, 1.54) is 10.6 Å². The molecule has 0 aromatic heterocycles. The largest absolute Gasteiger partial charge is 0.497 e. The molecule has 2 saturated heterocycles. The number of halogens is 2. The molecule has 0 aliphatic carbocycles. The molecule has 0 bridgehead atoms. The molecule has 0 saturated carbocycles. The number of benzene rings is 2. The highest BCUT2D eigenvalue weighted by Gasteiger charge is 2.42. The Bertz CT molecular complexity index is 1270. The van der Waals surface area contributed by atoms with Gasteiger partial charge in [-0.2, -0.15) is 4.31 Å². The van der Waals surface area contributed by atoms with Gasteiger partial charge < -0.3 is 19.4 Å². The second kappa shape index (κ2) is 11.1. The number of piperazine rings is 1. The second-order valence-corrected chi connectivity index (χ2v) is 12.1. The van der Waals surface area contributed by atoms with Gasteiger partial charge in [-0.1, -0.05) is 29.3 Å². The highest BCUT2D eigenvalue weighted by atomic mass is 35.5. The van der Waals surface area contributed by atoms with E-state index in [4.69, 9.17) is 27.9 Å². The van der Waals surface area contributed by atoms with Crippen LogP contribution in [-0.2, 0) is 10.0 Å². The molecule has 2 aliphatic rings. The van der Waals surface area contributed by atoms with E-state index in [1.54, 1.807) is 65.3 Å². The molecular formula is C25H30Cl2N4O5S. The van der Waals surface area contributed by atoms with Crippen LogP contribution < -0.4 is 4.74 Å². The summed E-state index contributed by atoms with van der Waals surface area (Å²) in [7, 11) is 0.00174. The van der Waals surface area contributed by atoms with Gasteiger partial charge in [-0.3, -0.25) is 4.79 Å². The minimum Gasteiger partial charge on any atom is -0.497 e. The fourth-order valence-electron chi connectivity index (χ4n) is 4.90. The molecule has 2 aromatic carbocycles. The van der Waals surface area contributed by atoms with Crippen LogP contribution in [0, 0.1) is 0 Å². The number of methoxy groups -OCH3 is 1. The van der Waals surface area contributed by atoms with E-state index in [0.717, 1.165) is 5.56 Å². The summed E-state index contributed by atoms with van der Waals surface area (Å²) in [5.74, 6) is 0.290. The van der Waals surface area contributed by atoms with Crippen LogP contribution in [0.1, 0.15) is 21.8 Å². The smallest absolute Gasteiger partial charge is 0.320 e. The predicted molar refractivity (Wildman–Crippen MR) is 143 cm³/mol. The van der Waals surface area contributed by atoms with Crippen LogP contribution in [0.15, 0.2) is 42.5 Å². The van der Waals surface area contributed by atoms with Crippen molar-refractivity contribution in [3.63, 3.8) is 0 Å². The third-order valence-electron chi connectivity index (χ3n) is 7.06. The number of hydrogen-bond acceptors (Lipinski definition) is 5. The summed E-state index contributed by atoms with van der Waals surface area (Å²) in [6.07, 6.45) is 1.17. The molecule has 2 aliphatic heterocycles. The van der Waals surface area contributed by atoms with Crippen molar-refractivity contribution >= 4 is 45.2 Å². The number of likely N-dealkylation sites (tertiary alicyclic amines) is 1. The number of nitrogens with zero attached hydrogens (tertiary/aromatic N) is 4. The number of carbonyl (C=O) groups excluding carboxylic acids is 2. The molecule has 3 amide bonds. The maximum absolute atomic E-state index is 13.5. The second-order valence-electron chi connectivity index (χ2n) is 9.33. The van der Waals surface area contributed by atoms with Crippen molar-refractivity contribution in [1.82, 2.24) is 19.0 Å². The lowest BCUT2D eigenvalue weighted by atomic mass is 9.93. The maximum atomic E-state index is 13.5. The van der Waals surface area contributed by atoms with Gasteiger partial charge in [-0.05, 0) is 42.0 Å². The minimum absolute atomic E-state index is 0.172. The van der Waals surface area contributed by atoms with E-state index in [2.05, 4.69) is 0 Å². The van der Waals surface area contributed by atoms with Crippen molar-refractivity contribution in [3.05, 3.63) is 63.6 Å². The first-order chi connectivity index (χ1) is 17.5. The number of amides is 3. The van der Waals surface area contributed by atoms with Gasteiger partial charge in [0.2, 0.25) is 10.0 Å². The Morgan fingerprint density at radius 1 is 0.946 bits per heavy atom. The van der Waals surface area contributed by atoms with E-state index in [0.29, 0.717) is 47.5 Å². The average Bonchev–Trinajstić information content (AvgIpc) is 3.34. The van der Waals surface area contributed by atoms with Gasteiger partial charge in [0.05, 0.1) is 29.5 Å². The Morgan fingerprint density at radius 3 is 2.16 bits per heavy atom. The van der Waals surface area contributed by atoms with Gasteiger partial charge in [0.1, 0.15) is 5.75 Å². The molecule has 12 heteroatoms. The summed E-state index contributed by atoms with van der Waals surface area (Å²) >= 11 is 12.5. The average molecular weight is 570 g/mol. The number of sulfonamides is 1. The van der Waals surface area contributed by atoms with Crippen molar-refractivity contribution < 1.29 is 22.7 Å². The Labute approximate surface area is 227 Å². The third kappa shape index (κ3) is 5.98. The van der Waals surface area contributed by atoms with Crippen molar-refractivity contribution in [1.29, 1.82) is 0 Å². The van der Waals surface area contributed by atoms with Crippen molar-refractivity contribution in [3.8, 4) is 5.75 Å². The molecule has 2 fully saturated rings. The minimum atomic E-state index is -3.30. The number of urea groups is 1. The predicted octanol–water partition coefficient (Wildman–Crippen LogP) is 3.24. The van der Waals surface area contributed by atoms with Gasteiger partial charge in [0.25, 0.3) is 5.91 Å². The lowest BCUT2D eigenvalue weighted by Gasteiger charge is -2.35. The van der Waals surface area contributed by atoms with Gasteiger partial charge in [-0.25, -0.2) is 13.2 Å². The summed E-state index contributed by atoms with van der Waals surface area (Å²) in [5.41, 5.74) is 1.39. The van der Waals surface area contributed by atoms with E-state index in [-0.39, 0.29) is 37.0 Å². The van der Waals surface area contributed by atoms with Gasteiger partial charge in [0, 0.05) is 57.8 Å². The molecular weight excluding hydrogens is 539 g/mol. The van der Waals surface area contributed by atoms with Crippen LogP contribution in [0.25, 0.3) is 0 Å². The van der Waals surface area contributed by atoms with Crippen molar-refractivity contribution in [2.45, 2.75) is 12.0 Å². The van der Waals surface area contributed by atoms with Crippen LogP contribution in [0.2, 0.25) is 10.0 Å².